The Morgan fingerprint density at radius 1 is 1.40 bits per heavy atom. The second kappa shape index (κ2) is 4.35. The van der Waals surface area contributed by atoms with Crippen LogP contribution in [0.25, 0.3) is 0 Å². The lowest BCUT2D eigenvalue weighted by molar-refractivity contribution is 0.0655. The third-order valence-corrected chi connectivity index (χ3v) is 4.98. The van der Waals surface area contributed by atoms with Crippen molar-refractivity contribution in [2.45, 2.75) is 19.2 Å². The van der Waals surface area contributed by atoms with Gasteiger partial charge in [-0.3, -0.25) is 14.6 Å². The van der Waals surface area contributed by atoms with Crippen LogP contribution in [0.4, 0.5) is 0 Å². The van der Waals surface area contributed by atoms with E-state index in [9.17, 15) is 14.7 Å². The van der Waals surface area contributed by atoms with Crippen LogP contribution in [-0.2, 0) is 0 Å². The molecule has 0 aliphatic carbocycles. The zero-order chi connectivity index (χ0) is 14.8. The van der Waals surface area contributed by atoms with Gasteiger partial charge in [0.2, 0.25) is 5.43 Å². The van der Waals surface area contributed by atoms with E-state index in [2.05, 4.69) is 0 Å². The van der Waals surface area contributed by atoms with Gasteiger partial charge < -0.3 is 14.7 Å². The number of aliphatic hydroxyl groups is 1. The van der Waals surface area contributed by atoms with Crippen LogP contribution in [0.3, 0.4) is 0 Å². The molecule has 0 radical (unpaired) electrons. The van der Waals surface area contributed by atoms with Crippen molar-refractivity contribution in [2.75, 3.05) is 25.7 Å². The molecular weight excluding hydrogens is 377 g/mol. The first-order valence-electron chi connectivity index (χ1n) is 6.14. The minimum atomic E-state index is -0.791. The van der Waals surface area contributed by atoms with Crippen molar-refractivity contribution >= 4 is 28.5 Å². The Morgan fingerprint density at radius 2 is 2.05 bits per heavy atom. The molecule has 2 aliphatic rings. The van der Waals surface area contributed by atoms with Gasteiger partial charge in [0.25, 0.3) is 5.91 Å². The predicted octanol–water partition coefficient (Wildman–Crippen LogP) is -0.122. The largest absolute Gasteiger partial charge is 0.491 e. The summed E-state index contributed by atoms with van der Waals surface area (Å²) in [7, 11) is 3.04. The second-order valence-electron chi connectivity index (χ2n) is 4.91. The summed E-state index contributed by atoms with van der Waals surface area (Å²) in [6.45, 7) is 2.22. The van der Waals surface area contributed by atoms with Crippen molar-refractivity contribution in [3.63, 3.8) is 0 Å². The smallest absolute Gasteiger partial charge is 0.277 e. The first kappa shape index (κ1) is 13.7. The van der Waals surface area contributed by atoms with Gasteiger partial charge in [0.1, 0.15) is 12.3 Å². The number of rotatable bonds is 1. The van der Waals surface area contributed by atoms with E-state index in [4.69, 9.17) is 4.74 Å². The van der Waals surface area contributed by atoms with E-state index in [0.717, 1.165) is 0 Å². The monoisotopic (exact) mass is 391 g/mol. The van der Waals surface area contributed by atoms with Crippen molar-refractivity contribution < 1.29 is 14.6 Å². The molecule has 7 nitrogen and oxygen atoms in total. The Morgan fingerprint density at radius 3 is 2.65 bits per heavy atom. The highest BCUT2D eigenvalue weighted by molar-refractivity contribution is 14.1. The fourth-order valence-corrected chi connectivity index (χ4v) is 3.60. The van der Waals surface area contributed by atoms with Crippen LogP contribution in [-0.4, -0.2) is 47.5 Å². The van der Waals surface area contributed by atoms with E-state index in [1.165, 1.54) is 12.0 Å². The van der Waals surface area contributed by atoms with Gasteiger partial charge in [-0.1, -0.05) is 0 Å². The molecule has 0 saturated heterocycles. The SMILES string of the molecule is COc1c2n3c(c(I)c1=O)C(O)CN3C(C)N(C)C2=O. The van der Waals surface area contributed by atoms with Crippen LogP contribution in [0.5, 0.6) is 5.75 Å². The number of aliphatic hydroxyl groups excluding tert-OH is 1. The first-order valence-corrected chi connectivity index (χ1v) is 7.22. The van der Waals surface area contributed by atoms with Crippen LogP contribution in [0.2, 0.25) is 0 Å². The quantitative estimate of drug-likeness (QED) is 0.676. The zero-order valence-electron chi connectivity index (χ0n) is 11.3. The summed E-state index contributed by atoms with van der Waals surface area (Å²) in [6, 6.07) is 0. The van der Waals surface area contributed by atoms with Gasteiger partial charge in [0.15, 0.2) is 11.4 Å². The Labute approximate surface area is 128 Å². The van der Waals surface area contributed by atoms with Gasteiger partial charge in [-0.15, -0.1) is 0 Å². The Hall–Kier alpha value is -1.29. The average Bonchev–Trinajstić information content (AvgIpc) is 2.76. The maximum Gasteiger partial charge on any atom is 0.277 e. The second-order valence-corrected chi connectivity index (χ2v) is 5.99. The molecule has 0 aromatic carbocycles. The fraction of sp³-hybridized carbons (Fsp3) is 0.500. The van der Waals surface area contributed by atoms with Crippen LogP contribution in [0.15, 0.2) is 4.79 Å². The van der Waals surface area contributed by atoms with Crippen LogP contribution >= 0.6 is 22.6 Å². The molecule has 0 bridgehead atoms. The number of carbonyl (C=O) groups excluding carboxylic acids is 1. The van der Waals surface area contributed by atoms with Gasteiger partial charge in [-0.05, 0) is 29.5 Å². The number of methoxy groups -OCH3 is 1. The molecule has 2 atom stereocenters. The minimum absolute atomic E-state index is 0.0287. The molecule has 108 valence electrons. The standard InChI is InChI=1S/C12H14IN3O4/c1-5-14(2)12(19)9-11(20-3)10(18)7(13)8-6(17)4-15(5)16(8)9/h5-6,17H,4H2,1-3H3. The number of hydrogen-bond acceptors (Lipinski definition) is 5. The van der Waals surface area contributed by atoms with E-state index in [0.29, 0.717) is 15.8 Å². The molecule has 1 N–H and O–H groups in total. The molecule has 1 amide bonds. The third-order valence-electron chi connectivity index (χ3n) is 3.94. The summed E-state index contributed by atoms with van der Waals surface area (Å²) in [6.07, 6.45) is -0.991. The van der Waals surface area contributed by atoms with Gasteiger partial charge in [0.05, 0.1) is 22.9 Å². The number of carbonyl (C=O) groups is 1. The van der Waals surface area contributed by atoms with Crippen LogP contribution in [0.1, 0.15) is 29.2 Å². The van der Waals surface area contributed by atoms with Crippen molar-refractivity contribution in [1.82, 2.24) is 9.58 Å². The molecule has 3 heterocycles. The van der Waals surface area contributed by atoms with Crippen LogP contribution < -0.4 is 15.2 Å². The van der Waals surface area contributed by atoms with Crippen molar-refractivity contribution in [3.05, 3.63) is 25.2 Å². The van der Waals surface area contributed by atoms with E-state index in [1.807, 2.05) is 34.5 Å². The lowest BCUT2D eigenvalue weighted by Crippen LogP contribution is -2.57. The van der Waals surface area contributed by atoms with Gasteiger partial charge in [0, 0.05) is 7.05 Å². The van der Waals surface area contributed by atoms with E-state index >= 15 is 0 Å². The maximum absolute atomic E-state index is 12.5. The van der Waals surface area contributed by atoms with Crippen molar-refractivity contribution in [3.8, 4) is 5.75 Å². The molecule has 8 heteroatoms. The maximum atomic E-state index is 12.5. The minimum Gasteiger partial charge on any atom is -0.491 e. The van der Waals surface area contributed by atoms with Gasteiger partial charge in [-0.2, -0.15) is 0 Å². The molecule has 2 aliphatic heterocycles. The summed E-state index contributed by atoms with van der Waals surface area (Å²) in [5.74, 6) is -0.254. The number of pyridine rings is 1. The van der Waals surface area contributed by atoms with Gasteiger partial charge in [-0.25, -0.2) is 4.68 Å². The normalized spacial score (nSPS) is 24.1. The lowest BCUT2D eigenvalue weighted by atomic mass is 10.2. The van der Waals surface area contributed by atoms with Crippen molar-refractivity contribution in [1.29, 1.82) is 0 Å². The summed E-state index contributed by atoms with van der Waals surface area (Å²) < 4.78 is 7.18. The van der Waals surface area contributed by atoms with Crippen molar-refractivity contribution in [2.24, 2.45) is 0 Å². The Bertz CT molecular complexity index is 672. The Kier molecular flexibility index (Phi) is 2.98. The van der Waals surface area contributed by atoms with Crippen LogP contribution in [0, 0.1) is 3.57 Å². The summed E-state index contributed by atoms with van der Waals surface area (Å²) in [5.41, 5.74) is 0.302. The summed E-state index contributed by atoms with van der Waals surface area (Å²) in [5, 5.41) is 12.1. The molecule has 0 spiro atoms. The number of nitrogens with zero attached hydrogens (tertiary/aromatic N) is 3. The molecular formula is C12H14IN3O4. The first-order chi connectivity index (χ1) is 9.40. The highest BCUT2D eigenvalue weighted by atomic mass is 127. The highest BCUT2D eigenvalue weighted by Gasteiger charge is 2.44. The highest BCUT2D eigenvalue weighted by Crippen LogP contribution is 2.35. The number of halogens is 1. The zero-order valence-corrected chi connectivity index (χ0v) is 13.4. The predicted molar refractivity (Wildman–Crippen MR) is 79.6 cm³/mol. The van der Waals surface area contributed by atoms with E-state index < -0.39 is 6.10 Å². The molecule has 3 rings (SSSR count). The molecule has 0 saturated carbocycles. The number of amides is 1. The molecule has 0 fully saturated rings. The Balaban J connectivity index is 2.44. The average molecular weight is 391 g/mol. The summed E-state index contributed by atoms with van der Waals surface area (Å²) >= 11 is 1.90. The third kappa shape index (κ3) is 1.48. The molecule has 1 aromatic rings. The lowest BCUT2D eigenvalue weighted by Gasteiger charge is -2.41. The van der Waals surface area contributed by atoms with Gasteiger partial charge >= 0.3 is 0 Å². The molecule has 1 aromatic heterocycles. The number of ether oxygens (including phenoxy) is 1. The number of hydrogen-bond donors (Lipinski definition) is 1. The fourth-order valence-electron chi connectivity index (χ4n) is 2.77. The molecule has 20 heavy (non-hydrogen) atoms. The van der Waals surface area contributed by atoms with E-state index in [-0.39, 0.29) is 28.9 Å². The molecule has 2 unspecified atom stereocenters. The topological polar surface area (TPSA) is 75.0 Å². The number of aromatic nitrogens is 1. The van der Waals surface area contributed by atoms with E-state index in [1.54, 1.807) is 11.7 Å². The summed E-state index contributed by atoms with van der Waals surface area (Å²) in [4.78, 5) is 26.3.